The summed E-state index contributed by atoms with van der Waals surface area (Å²) in [6.07, 6.45) is 2.41. The number of furan rings is 1. The molecule has 0 saturated heterocycles. The van der Waals surface area contributed by atoms with Crippen molar-refractivity contribution in [2.24, 2.45) is 0 Å². The molecule has 0 saturated carbocycles. The summed E-state index contributed by atoms with van der Waals surface area (Å²) in [6.45, 7) is 7.62. The van der Waals surface area contributed by atoms with Crippen molar-refractivity contribution in [1.29, 1.82) is 0 Å². The van der Waals surface area contributed by atoms with E-state index in [-0.39, 0.29) is 11.6 Å². The van der Waals surface area contributed by atoms with E-state index in [1.165, 1.54) is 0 Å². The van der Waals surface area contributed by atoms with Gasteiger partial charge in [-0.1, -0.05) is 31.2 Å². The summed E-state index contributed by atoms with van der Waals surface area (Å²) >= 11 is 0. The highest BCUT2D eigenvalue weighted by Gasteiger charge is 2.27. The number of fused-ring (bicyclic) bond motifs is 1. The molecule has 0 unspecified atom stereocenters. The van der Waals surface area contributed by atoms with Gasteiger partial charge in [-0.25, -0.2) is 4.68 Å². The number of H-pyrrole nitrogens is 1. The zero-order valence-corrected chi connectivity index (χ0v) is 22.1. The molecule has 38 heavy (non-hydrogen) atoms. The Morgan fingerprint density at radius 2 is 1.92 bits per heavy atom. The molecule has 5 rings (SSSR count). The Bertz CT molecular complexity index is 1570. The third-order valence-corrected chi connectivity index (χ3v) is 7.12. The quantitative estimate of drug-likeness (QED) is 0.283. The maximum absolute atomic E-state index is 13.2. The lowest BCUT2D eigenvalue weighted by atomic mass is 10.0. The zero-order valence-electron chi connectivity index (χ0n) is 22.1. The first-order valence-corrected chi connectivity index (χ1v) is 12.7. The van der Waals surface area contributed by atoms with Gasteiger partial charge in [0.25, 0.3) is 5.56 Å². The fourth-order valence-corrected chi connectivity index (χ4v) is 4.86. The molecule has 196 valence electrons. The van der Waals surface area contributed by atoms with Crippen molar-refractivity contribution in [3.63, 3.8) is 0 Å². The number of nitrogens with zero attached hydrogens (tertiary/aromatic N) is 5. The summed E-state index contributed by atoms with van der Waals surface area (Å²) in [6, 6.07) is 17.7. The van der Waals surface area contributed by atoms with Crippen molar-refractivity contribution >= 4 is 10.9 Å². The lowest BCUT2D eigenvalue weighted by Gasteiger charge is -2.29. The fourth-order valence-electron chi connectivity index (χ4n) is 4.86. The number of ether oxygens (including phenoxy) is 1. The summed E-state index contributed by atoms with van der Waals surface area (Å²) < 4.78 is 12.8. The van der Waals surface area contributed by atoms with Crippen LogP contribution in [0, 0.1) is 13.8 Å². The number of pyridine rings is 1. The standard InChI is InChI=1S/C29H32N6O3/c1-5-26(28-31-32-33-35(28)16-21-9-12-24(37-4)13-10-21)34(18-25-7-6-14-38-25)17-23-15-22-11-8-19(2)20(3)27(22)30-29(23)36/h6-15,26H,5,16-18H2,1-4H3,(H,30,36)/t26-/m0/s1. The molecule has 0 amide bonds. The van der Waals surface area contributed by atoms with Gasteiger partial charge >= 0.3 is 0 Å². The van der Waals surface area contributed by atoms with Gasteiger partial charge < -0.3 is 14.1 Å². The average molecular weight is 513 g/mol. The van der Waals surface area contributed by atoms with E-state index in [0.29, 0.717) is 25.2 Å². The molecule has 3 heterocycles. The van der Waals surface area contributed by atoms with Gasteiger partial charge in [0.15, 0.2) is 5.82 Å². The molecular weight excluding hydrogens is 480 g/mol. The molecule has 0 aliphatic carbocycles. The first-order valence-electron chi connectivity index (χ1n) is 12.7. The number of hydrogen-bond acceptors (Lipinski definition) is 7. The molecule has 5 aromatic rings. The van der Waals surface area contributed by atoms with Crippen molar-refractivity contribution in [1.82, 2.24) is 30.1 Å². The monoisotopic (exact) mass is 512 g/mol. The first-order chi connectivity index (χ1) is 18.5. The van der Waals surface area contributed by atoms with Crippen molar-refractivity contribution in [2.45, 2.75) is 52.9 Å². The van der Waals surface area contributed by atoms with Gasteiger partial charge in [-0.2, -0.15) is 0 Å². The predicted molar refractivity (Wildman–Crippen MR) is 145 cm³/mol. The number of tetrazole rings is 1. The Kier molecular flexibility index (Phi) is 7.37. The van der Waals surface area contributed by atoms with Gasteiger partial charge in [0.1, 0.15) is 11.5 Å². The van der Waals surface area contributed by atoms with Gasteiger partial charge in [-0.15, -0.1) is 5.10 Å². The number of aromatic nitrogens is 5. The van der Waals surface area contributed by atoms with Crippen molar-refractivity contribution in [3.05, 3.63) is 105 Å². The number of nitrogens with one attached hydrogen (secondary N) is 1. The van der Waals surface area contributed by atoms with Gasteiger partial charge in [0.2, 0.25) is 0 Å². The molecular formula is C29H32N6O3. The summed E-state index contributed by atoms with van der Waals surface area (Å²) in [7, 11) is 1.65. The fraction of sp³-hybridized carbons (Fsp3) is 0.310. The van der Waals surface area contributed by atoms with Crippen LogP contribution in [0.1, 0.15) is 53.2 Å². The van der Waals surface area contributed by atoms with Crippen molar-refractivity contribution in [3.8, 4) is 5.75 Å². The van der Waals surface area contributed by atoms with Crippen LogP contribution in [0.2, 0.25) is 0 Å². The molecule has 2 aromatic carbocycles. The summed E-state index contributed by atoms with van der Waals surface area (Å²) in [5.41, 5.74) is 4.76. The molecule has 1 atom stereocenters. The smallest absolute Gasteiger partial charge is 0.252 e. The molecule has 0 aliphatic rings. The highest BCUT2D eigenvalue weighted by atomic mass is 16.5. The third kappa shape index (κ3) is 5.24. The van der Waals surface area contributed by atoms with E-state index in [0.717, 1.165) is 51.3 Å². The Morgan fingerprint density at radius 3 is 2.63 bits per heavy atom. The first kappa shape index (κ1) is 25.4. The SMILES string of the molecule is CC[C@@H](c1nnnn1Cc1ccc(OC)cc1)N(Cc1ccco1)Cc1cc2ccc(C)c(C)c2[nH]c1=O. The number of aromatic amines is 1. The van der Waals surface area contributed by atoms with Crippen molar-refractivity contribution in [2.75, 3.05) is 7.11 Å². The van der Waals surface area contributed by atoms with Gasteiger partial charge in [0.05, 0.1) is 38.0 Å². The molecule has 9 nitrogen and oxygen atoms in total. The Morgan fingerprint density at radius 1 is 1.11 bits per heavy atom. The molecule has 0 fully saturated rings. The Labute approximate surface area is 221 Å². The Balaban J connectivity index is 1.49. The molecule has 0 radical (unpaired) electrons. The number of benzene rings is 2. The molecule has 1 N–H and O–H groups in total. The van der Waals surface area contributed by atoms with Crippen LogP contribution in [0.4, 0.5) is 0 Å². The van der Waals surface area contributed by atoms with Crippen LogP contribution in [-0.4, -0.2) is 37.2 Å². The third-order valence-electron chi connectivity index (χ3n) is 7.12. The predicted octanol–water partition coefficient (Wildman–Crippen LogP) is 4.93. The van der Waals surface area contributed by atoms with E-state index in [9.17, 15) is 4.79 Å². The largest absolute Gasteiger partial charge is 0.497 e. The van der Waals surface area contributed by atoms with Gasteiger partial charge in [-0.05, 0) is 83.1 Å². The minimum Gasteiger partial charge on any atom is -0.497 e. The zero-order chi connectivity index (χ0) is 26.6. The molecule has 0 spiro atoms. The summed E-state index contributed by atoms with van der Waals surface area (Å²) in [5, 5.41) is 13.7. The second-order valence-corrected chi connectivity index (χ2v) is 9.55. The van der Waals surface area contributed by atoms with Crippen LogP contribution >= 0.6 is 0 Å². The molecule has 9 heteroatoms. The van der Waals surface area contributed by atoms with E-state index in [4.69, 9.17) is 9.15 Å². The van der Waals surface area contributed by atoms with Crippen LogP contribution in [0.5, 0.6) is 5.75 Å². The van der Waals surface area contributed by atoms with Gasteiger partial charge in [0, 0.05) is 12.1 Å². The average Bonchev–Trinajstić information content (AvgIpc) is 3.61. The normalized spacial score (nSPS) is 12.3. The molecule has 3 aromatic heterocycles. The van der Waals surface area contributed by atoms with Crippen LogP contribution in [0.3, 0.4) is 0 Å². The summed E-state index contributed by atoms with van der Waals surface area (Å²) in [5.74, 6) is 2.34. The second kappa shape index (κ2) is 11.0. The van der Waals surface area contributed by atoms with Crippen LogP contribution < -0.4 is 10.3 Å². The Hall–Kier alpha value is -4.24. The molecule has 0 aliphatic heterocycles. The summed E-state index contributed by atoms with van der Waals surface area (Å²) in [4.78, 5) is 18.5. The highest BCUT2D eigenvalue weighted by molar-refractivity contribution is 5.83. The lowest BCUT2D eigenvalue weighted by Crippen LogP contribution is -2.32. The number of rotatable bonds is 10. The van der Waals surface area contributed by atoms with E-state index >= 15 is 0 Å². The molecule has 0 bridgehead atoms. The minimum absolute atomic E-state index is 0.0941. The van der Waals surface area contributed by atoms with Crippen molar-refractivity contribution < 1.29 is 9.15 Å². The van der Waals surface area contributed by atoms with E-state index in [1.807, 2.05) is 61.0 Å². The van der Waals surface area contributed by atoms with Crippen LogP contribution in [0.25, 0.3) is 10.9 Å². The number of aryl methyl sites for hydroxylation is 2. The maximum Gasteiger partial charge on any atom is 0.252 e. The van der Waals surface area contributed by atoms with Crippen LogP contribution in [-0.2, 0) is 19.6 Å². The van der Waals surface area contributed by atoms with E-state index in [2.05, 4.69) is 44.5 Å². The van der Waals surface area contributed by atoms with Crippen LogP contribution in [0.15, 0.2) is 70.1 Å². The topological polar surface area (TPSA) is 102 Å². The maximum atomic E-state index is 13.2. The van der Waals surface area contributed by atoms with E-state index < -0.39 is 0 Å². The number of hydrogen-bond donors (Lipinski definition) is 1. The minimum atomic E-state index is -0.150. The van der Waals surface area contributed by atoms with Gasteiger partial charge in [-0.3, -0.25) is 9.69 Å². The van der Waals surface area contributed by atoms with E-state index in [1.54, 1.807) is 13.4 Å². The second-order valence-electron chi connectivity index (χ2n) is 9.55. The highest BCUT2D eigenvalue weighted by Crippen LogP contribution is 2.28. The number of methoxy groups -OCH3 is 1. The lowest BCUT2D eigenvalue weighted by molar-refractivity contribution is 0.149.